The van der Waals surface area contributed by atoms with Gasteiger partial charge in [-0.2, -0.15) is 0 Å². The summed E-state index contributed by atoms with van der Waals surface area (Å²) in [7, 11) is 1.88. The van der Waals surface area contributed by atoms with Crippen LogP contribution in [0.5, 0.6) is 17.2 Å². The van der Waals surface area contributed by atoms with Gasteiger partial charge in [-0.15, -0.1) is 0 Å². The molecule has 7 heteroatoms. The van der Waals surface area contributed by atoms with E-state index in [0.29, 0.717) is 24.2 Å². The Morgan fingerprint density at radius 3 is 1.76 bits per heavy atom. The Balaban J connectivity index is 2.16. The SMILES string of the molecule is COc1cc(OC)c(C(=O)C2([P](=O)C(=O)c3c(C)cc(C)cc3C)CCCCC2)c(OC)c1. The lowest BCUT2D eigenvalue weighted by molar-refractivity contribution is 0.0897. The molecule has 33 heavy (non-hydrogen) atoms. The maximum Gasteiger partial charge on any atom is 0.243 e. The second kappa shape index (κ2) is 10.0. The van der Waals surface area contributed by atoms with Crippen LogP contribution in [0.1, 0.15) is 69.5 Å². The fourth-order valence-corrected chi connectivity index (χ4v) is 6.90. The molecule has 6 nitrogen and oxygen atoms in total. The van der Waals surface area contributed by atoms with Gasteiger partial charge in [0.15, 0.2) is 13.6 Å². The topological polar surface area (TPSA) is 78.9 Å². The largest absolute Gasteiger partial charge is 0.496 e. The Kier molecular flexibility index (Phi) is 7.58. The summed E-state index contributed by atoms with van der Waals surface area (Å²) in [5.74, 6) is 0.666. The van der Waals surface area contributed by atoms with Gasteiger partial charge in [-0.3, -0.25) is 14.2 Å². The molecule has 1 radical (unpaired) electrons. The summed E-state index contributed by atoms with van der Waals surface area (Å²) >= 11 is 0. The van der Waals surface area contributed by atoms with Gasteiger partial charge in [0.05, 0.1) is 21.3 Å². The number of hydrogen-bond acceptors (Lipinski definition) is 6. The van der Waals surface area contributed by atoms with Gasteiger partial charge in [0, 0.05) is 17.7 Å². The van der Waals surface area contributed by atoms with Gasteiger partial charge in [0.25, 0.3) is 0 Å². The summed E-state index contributed by atoms with van der Waals surface area (Å²) in [5, 5.41) is -1.30. The van der Waals surface area contributed by atoms with Gasteiger partial charge >= 0.3 is 0 Å². The first-order chi connectivity index (χ1) is 15.7. The maximum atomic E-state index is 14.1. The molecule has 3 rings (SSSR count). The van der Waals surface area contributed by atoms with Crippen LogP contribution >= 0.6 is 7.80 Å². The first kappa shape index (κ1) is 24.9. The summed E-state index contributed by atoms with van der Waals surface area (Å²) in [5.41, 5.74) is 2.79. The van der Waals surface area contributed by atoms with E-state index in [1.54, 1.807) is 12.1 Å². The fourth-order valence-electron chi connectivity index (χ4n) is 4.93. The predicted octanol–water partition coefficient (Wildman–Crippen LogP) is 6.19. The number of ether oxygens (including phenoxy) is 3. The first-order valence-electron chi connectivity index (χ1n) is 11.1. The minimum atomic E-state index is -2.55. The fraction of sp³-hybridized carbons (Fsp3) is 0.462. The quantitative estimate of drug-likeness (QED) is 0.337. The molecule has 1 saturated carbocycles. The van der Waals surface area contributed by atoms with Crippen LogP contribution in [0.4, 0.5) is 0 Å². The van der Waals surface area contributed by atoms with Crippen LogP contribution in [0.3, 0.4) is 0 Å². The van der Waals surface area contributed by atoms with Crippen LogP contribution in [-0.4, -0.2) is 37.8 Å². The van der Waals surface area contributed by atoms with E-state index in [1.807, 2.05) is 32.9 Å². The number of Topliss-reactive ketones (excluding diaryl/α,β-unsaturated/α-hetero) is 1. The molecule has 0 saturated heterocycles. The first-order valence-corrected chi connectivity index (χ1v) is 12.4. The molecule has 0 aromatic heterocycles. The van der Waals surface area contributed by atoms with Crippen molar-refractivity contribution in [2.45, 2.75) is 58.0 Å². The van der Waals surface area contributed by atoms with Crippen LogP contribution in [0.2, 0.25) is 0 Å². The molecule has 2 aromatic carbocycles. The molecule has 0 N–H and O–H groups in total. The highest BCUT2D eigenvalue weighted by atomic mass is 31.1. The van der Waals surface area contributed by atoms with Gasteiger partial charge in [-0.25, -0.2) is 0 Å². The van der Waals surface area contributed by atoms with Crippen molar-refractivity contribution in [1.82, 2.24) is 0 Å². The van der Waals surface area contributed by atoms with E-state index >= 15 is 0 Å². The van der Waals surface area contributed by atoms with Crippen molar-refractivity contribution < 1.29 is 28.4 Å². The Morgan fingerprint density at radius 2 is 1.30 bits per heavy atom. The molecule has 177 valence electrons. The number of benzene rings is 2. The Bertz CT molecular complexity index is 1050. The molecule has 0 spiro atoms. The molecule has 0 amide bonds. The van der Waals surface area contributed by atoms with Crippen molar-refractivity contribution in [3.8, 4) is 17.2 Å². The highest BCUT2D eigenvalue weighted by molar-refractivity contribution is 7.67. The molecule has 0 aliphatic heterocycles. The van der Waals surface area contributed by atoms with Crippen molar-refractivity contribution in [1.29, 1.82) is 0 Å². The highest BCUT2D eigenvalue weighted by Crippen LogP contribution is 2.55. The zero-order valence-electron chi connectivity index (χ0n) is 20.2. The summed E-state index contributed by atoms with van der Waals surface area (Å²) in [4.78, 5) is 27.8. The molecule has 0 heterocycles. The second-order valence-electron chi connectivity index (χ2n) is 8.70. The van der Waals surface area contributed by atoms with E-state index in [0.717, 1.165) is 36.0 Å². The number of rotatable bonds is 8. The summed E-state index contributed by atoms with van der Waals surface area (Å²) in [6.07, 6.45) is 3.16. The monoisotopic (exact) mass is 471 g/mol. The normalized spacial score (nSPS) is 15.5. The van der Waals surface area contributed by atoms with E-state index in [2.05, 4.69) is 0 Å². The summed E-state index contributed by atoms with van der Waals surface area (Å²) in [6.45, 7) is 5.66. The molecule has 1 aliphatic carbocycles. The van der Waals surface area contributed by atoms with Crippen molar-refractivity contribution in [3.63, 3.8) is 0 Å². The number of carbonyl (C=O) groups is 2. The molecular formula is C26H32O6P. The zero-order chi connectivity index (χ0) is 24.3. The number of ketones is 1. The molecule has 1 atom stereocenters. The zero-order valence-corrected chi connectivity index (χ0v) is 21.1. The lowest BCUT2D eigenvalue weighted by atomic mass is 9.82. The van der Waals surface area contributed by atoms with Gasteiger partial charge in [0.1, 0.15) is 28.0 Å². The number of methoxy groups -OCH3 is 3. The summed E-state index contributed by atoms with van der Waals surface area (Å²) in [6, 6.07) is 7.04. The average Bonchev–Trinajstić information content (AvgIpc) is 2.81. The molecule has 1 aliphatic rings. The molecule has 1 fully saturated rings. The van der Waals surface area contributed by atoms with E-state index in [-0.39, 0.29) is 22.8 Å². The van der Waals surface area contributed by atoms with E-state index in [4.69, 9.17) is 14.2 Å². The average molecular weight is 472 g/mol. The van der Waals surface area contributed by atoms with Crippen molar-refractivity contribution >= 4 is 19.1 Å². The van der Waals surface area contributed by atoms with Crippen molar-refractivity contribution in [2.75, 3.05) is 21.3 Å². The lowest BCUT2D eigenvalue weighted by Gasteiger charge is -2.35. The smallest absolute Gasteiger partial charge is 0.243 e. The van der Waals surface area contributed by atoms with E-state index in [1.165, 1.54) is 21.3 Å². The van der Waals surface area contributed by atoms with E-state index < -0.39 is 18.5 Å². The number of aryl methyl sites for hydroxylation is 3. The Labute approximate surface area is 196 Å². The minimum absolute atomic E-state index is 0.205. The Morgan fingerprint density at radius 1 is 0.788 bits per heavy atom. The van der Waals surface area contributed by atoms with Crippen LogP contribution in [0.15, 0.2) is 24.3 Å². The number of carbonyl (C=O) groups excluding carboxylic acids is 2. The van der Waals surface area contributed by atoms with Crippen molar-refractivity contribution in [3.05, 3.63) is 52.1 Å². The number of hydrogen-bond donors (Lipinski definition) is 0. The molecule has 0 bridgehead atoms. The third kappa shape index (κ3) is 4.54. The van der Waals surface area contributed by atoms with Gasteiger partial charge in [0.2, 0.25) is 5.52 Å². The van der Waals surface area contributed by atoms with Crippen LogP contribution in [0, 0.1) is 20.8 Å². The van der Waals surface area contributed by atoms with Crippen molar-refractivity contribution in [2.24, 2.45) is 0 Å². The van der Waals surface area contributed by atoms with E-state index in [9.17, 15) is 14.2 Å². The highest BCUT2D eigenvalue weighted by Gasteiger charge is 2.50. The van der Waals surface area contributed by atoms with Crippen LogP contribution < -0.4 is 14.2 Å². The third-order valence-electron chi connectivity index (χ3n) is 6.51. The van der Waals surface area contributed by atoms with Crippen LogP contribution in [-0.2, 0) is 4.57 Å². The third-order valence-corrected chi connectivity index (χ3v) is 8.53. The van der Waals surface area contributed by atoms with Crippen LogP contribution in [0.25, 0.3) is 0 Å². The maximum absolute atomic E-state index is 14.1. The van der Waals surface area contributed by atoms with Gasteiger partial charge in [-0.1, -0.05) is 37.0 Å². The Hall–Kier alpha value is -2.72. The standard InChI is InChI=1S/C26H32O6P/c1-16-12-17(2)22(18(3)13-16)25(28)33(29)26(10-8-7-9-11-26)24(27)23-20(31-5)14-19(30-4)15-21(23)32-6/h12-15H,7-11H2,1-6H3. The molecule has 1 unspecified atom stereocenters. The second-order valence-corrected chi connectivity index (χ2v) is 10.6. The minimum Gasteiger partial charge on any atom is -0.496 e. The summed E-state index contributed by atoms with van der Waals surface area (Å²) < 4.78 is 30.3. The lowest BCUT2D eigenvalue weighted by Crippen LogP contribution is -2.39. The molecule has 2 aromatic rings. The van der Waals surface area contributed by atoms with Gasteiger partial charge in [-0.05, 0) is 44.7 Å². The molecular weight excluding hydrogens is 439 g/mol. The van der Waals surface area contributed by atoms with Gasteiger partial charge < -0.3 is 14.2 Å². The predicted molar refractivity (Wildman–Crippen MR) is 129 cm³/mol.